The summed E-state index contributed by atoms with van der Waals surface area (Å²) >= 11 is -3.11. The Balaban J connectivity index is 0.000000885. The molecule has 4 nitrogen and oxygen atoms in total. The Morgan fingerprint density at radius 1 is 0.810 bits per heavy atom. The van der Waals surface area contributed by atoms with E-state index in [2.05, 4.69) is 42.1 Å². The lowest BCUT2D eigenvalue weighted by atomic mass is 10.1. The summed E-state index contributed by atoms with van der Waals surface area (Å²) in [6.07, 6.45) is 17.0. The smallest absolute Gasteiger partial charge is 0.168 e. The number of aryl methyl sites for hydroxylation is 1. The van der Waals surface area contributed by atoms with Crippen LogP contribution < -0.4 is 4.57 Å². The van der Waals surface area contributed by atoms with E-state index in [0.717, 1.165) is 0 Å². The van der Waals surface area contributed by atoms with Crippen molar-refractivity contribution in [3.05, 3.63) is 30.6 Å². The maximum Gasteiger partial charge on any atom is 0.168 e. The Morgan fingerprint density at radius 3 is 1.71 bits per heavy atom. The first-order chi connectivity index (χ1) is 10.2. The Morgan fingerprint density at radius 2 is 1.24 bits per heavy atom. The summed E-state index contributed by atoms with van der Waals surface area (Å²) in [5, 5.41) is 0. The standard InChI is InChI=1S/C16H28N.H2O3S/c1-2-3-4-5-6-7-8-9-11-14-17-15-12-10-13-16-17;1-4(2)3/h10,12-13,15-16H,2-9,11,14H2,1H3;(H2,1,2,3)/q+1;/p-2. The van der Waals surface area contributed by atoms with E-state index < -0.39 is 11.4 Å². The van der Waals surface area contributed by atoms with Crippen molar-refractivity contribution in [3.63, 3.8) is 0 Å². The highest BCUT2D eigenvalue weighted by Gasteiger charge is 1.97. The molecule has 0 saturated heterocycles. The van der Waals surface area contributed by atoms with Crippen molar-refractivity contribution in [2.45, 2.75) is 71.3 Å². The van der Waals surface area contributed by atoms with Gasteiger partial charge in [0.05, 0.1) is 0 Å². The molecule has 0 amide bonds. The topological polar surface area (TPSA) is 67.1 Å². The van der Waals surface area contributed by atoms with E-state index in [1.54, 1.807) is 0 Å². The van der Waals surface area contributed by atoms with Crippen molar-refractivity contribution in [2.75, 3.05) is 0 Å². The molecule has 0 aromatic carbocycles. The molecule has 0 aliphatic carbocycles. The van der Waals surface area contributed by atoms with E-state index in [9.17, 15) is 0 Å². The fourth-order valence-electron chi connectivity index (χ4n) is 2.19. The zero-order valence-corrected chi connectivity index (χ0v) is 13.9. The second-order valence-corrected chi connectivity index (χ2v) is 5.55. The molecule has 0 unspecified atom stereocenters. The van der Waals surface area contributed by atoms with Crippen LogP contribution in [0.1, 0.15) is 64.7 Å². The SMILES string of the molecule is CCCCCCCCCCC[n+]1ccccc1.O=S([O-])[O-]. The van der Waals surface area contributed by atoms with Gasteiger partial charge < -0.3 is 9.11 Å². The molecular formula is C16H28NO3S-. The van der Waals surface area contributed by atoms with Gasteiger partial charge in [-0.1, -0.05) is 57.9 Å². The van der Waals surface area contributed by atoms with E-state index in [1.807, 2.05) is 0 Å². The first-order valence-electron chi connectivity index (χ1n) is 7.87. The highest BCUT2D eigenvalue weighted by Crippen LogP contribution is 2.09. The second-order valence-electron chi connectivity index (χ2n) is 5.15. The number of nitrogens with zero attached hydrogens (tertiary/aromatic N) is 1. The highest BCUT2D eigenvalue weighted by molar-refractivity contribution is 7.72. The summed E-state index contributed by atoms with van der Waals surface area (Å²) in [4.78, 5) is 0. The summed E-state index contributed by atoms with van der Waals surface area (Å²) in [5.74, 6) is 0. The van der Waals surface area contributed by atoms with Gasteiger partial charge in [-0.3, -0.25) is 4.21 Å². The minimum atomic E-state index is -3.11. The fraction of sp³-hybridized carbons (Fsp3) is 0.688. The van der Waals surface area contributed by atoms with Crippen LogP contribution in [0, 0.1) is 0 Å². The molecule has 1 heterocycles. The number of hydrogen-bond acceptors (Lipinski definition) is 3. The first kappa shape index (κ1) is 20.2. The maximum atomic E-state index is 8.44. The predicted molar refractivity (Wildman–Crippen MR) is 83.6 cm³/mol. The predicted octanol–water partition coefficient (Wildman–Crippen LogP) is 3.50. The van der Waals surface area contributed by atoms with Crippen LogP contribution in [-0.2, 0) is 17.9 Å². The highest BCUT2D eigenvalue weighted by atomic mass is 32.2. The summed E-state index contributed by atoms with van der Waals surface area (Å²) in [6.45, 7) is 3.46. The first-order valence-corrected chi connectivity index (χ1v) is 8.87. The Labute approximate surface area is 131 Å². The van der Waals surface area contributed by atoms with Crippen molar-refractivity contribution in [1.29, 1.82) is 0 Å². The Bertz CT molecular complexity index is 343. The van der Waals surface area contributed by atoms with Crippen LogP contribution in [0.3, 0.4) is 0 Å². The van der Waals surface area contributed by atoms with Crippen LogP contribution >= 0.6 is 0 Å². The normalized spacial score (nSPS) is 10.3. The van der Waals surface area contributed by atoms with Crippen LogP contribution in [-0.4, -0.2) is 13.3 Å². The molecule has 122 valence electrons. The molecule has 0 radical (unpaired) electrons. The number of rotatable bonds is 10. The van der Waals surface area contributed by atoms with Crippen molar-refractivity contribution in [2.24, 2.45) is 0 Å². The molecule has 0 aliphatic rings. The molecule has 0 bridgehead atoms. The minimum Gasteiger partial charge on any atom is -0.784 e. The van der Waals surface area contributed by atoms with Gasteiger partial charge >= 0.3 is 0 Å². The minimum absolute atomic E-state index is 1.18. The summed E-state index contributed by atoms with van der Waals surface area (Å²) in [5.41, 5.74) is 0. The van der Waals surface area contributed by atoms with E-state index in [0.29, 0.717) is 0 Å². The van der Waals surface area contributed by atoms with Gasteiger partial charge in [0.25, 0.3) is 0 Å². The van der Waals surface area contributed by atoms with E-state index >= 15 is 0 Å². The van der Waals surface area contributed by atoms with Gasteiger partial charge in [-0.05, 0) is 6.42 Å². The van der Waals surface area contributed by atoms with Crippen molar-refractivity contribution in [1.82, 2.24) is 0 Å². The zero-order valence-electron chi connectivity index (χ0n) is 13.0. The number of unbranched alkanes of at least 4 members (excludes halogenated alkanes) is 8. The third-order valence-corrected chi connectivity index (χ3v) is 3.30. The fourth-order valence-corrected chi connectivity index (χ4v) is 2.19. The molecule has 0 spiro atoms. The van der Waals surface area contributed by atoms with Gasteiger partial charge in [-0.25, -0.2) is 4.57 Å². The zero-order chi connectivity index (χ0) is 15.8. The maximum absolute atomic E-state index is 8.44. The Kier molecular flexibility index (Phi) is 15.0. The van der Waals surface area contributed by atoms with Crippen LogP contribution in [0.25, 0.3) is 0 Å². The van der Waals surface area contributed by atoms with Gasteiger partial charge in [-0.15, -0.1) is 11.4 Å². The molecule has 0 fully saturated rings. The molecule has 0 atom stereocenters. The number of hydrogen-bond donors (Lipinski definition) is 0. The molecule has 1 rings (SSSR count). The average Bonchev–Trinajstić information content (AvgIpc) is 2.46. The molecule has 0 saturated carbocycles. The summed E-state index contributed by atoms with van der Waals surface area (Å²) < 4.78 is 27.6. The van der Waals surface area contributed by atoms with Crippen LogP contribution in [0.4, 0.5) is 0 Å². The van der Waals surface area contributed by atoms with Gasteiger partial charge in [0.2, 0.25) is 0 Å². The third kappa shape index (κ3) is 17.2. The van der Waals surface area contributed by atoms with E-state index in [-0.39, 0.29) is 0 Å². The number of pyridine rings is 1. The lowest BCUT2D eigenvalue weighted by Gasteiger charge is -2.03. The third-order valence-electron chi connectivity index (χ3n) is 3.30. The van der Waals surface area contributed by atoms with Gasteiger partial charge in [-0.2, -0.15) is 0 Å². The molecule has 1 aromatic heterocycles. The van der Waals surface area contributed by atoms with Crippen molar-refractivity contribution in [3.8, 4) is 0 Å². The second kappa shape index (κ2) is 15.6. The largest absolute Gasteiger partial charge is 0.784 e. The van der Waals surface area contributed by atoms with Crippen molar-refractivity contribution >= 4 is 11.4 Å². The summed E-state index contributed by atoms with van der Waals surface area (Å²) in [6, 6.07) is 6.29. The number of aromatic nitrogens is 1. The quantitative estimate of drug-likeness (QED) is 0.377. The molecule has 0 N–H and O–H groups in total. The molecule has 1 aromatic rings. The lowest BCUT2D eigenvalue weighted by molar-refractivity contribution is -0.697. The Hall–Kier alpha value is -0.780. The molecule has 5 heteroatoms. The van der Waals surface area contributed by atoms with Crippen LogP contribution in [0.15, 0.2) is 30.6 Å². The average molecular weight is 314 g/mol. The van der Waals surface area contributed by atoms with Crippen LogP contribution in [0.2, 0.25) is 0 Å². The molecular weight excluding hydrogens is 286 g/mol. The van der Waals surface area contributed by atoms with E-state index in [1.165, 1.54) is 64.3 Å². The van der Waals surface area contributed by atoms with Gasteiger partial charge in [0.1, 0.15) is 6.54 Å². The van der Waals surface area contributed by atoms with Gasteiger partial charge in [0, 0.05) is 18.6 Å². The van der Waals surface area contributed by atoms with Crippen LogP contribution in [0.5, 0.6) is 0 Å². The van der Waals surface area contributed by atoms with Crippen molar-refractivity contribution < 1.29 is 17.9 Å². The molecule has 0 aliphatic heterocycles. The molecule has 21 heavy (non-hydrogen) atoms. The summed E-state index contributed by atoms with van der Waals surface area (Å²) in [7, 11) is 0. The monoisotopic (exact) mass is 314 g/mol. The lowest BCUT2D eigenvalue weighted by Crippen LogP contribution is -2.32. The van der Waals surface area contributed by atoms with E-state index in [4.69, 9.17) is 13.3 Å². The van der Waals surface area contributed by atoms with Gasteiger partial charge in [0.15, 0.2) is 12.4 Å².